The Hall–Kier alpha value is -3.67. The minimum absolute atomic E-state index is 0.0640. The van der Waals surface area contributed by atoms with Crippen molar-refractivity contribution >= 4 is 11.8 Å². The van der Waals surface area contributed by atoms with Crippen LogP contribution in [0.5, 0.6) is 5.75 Å². The van der Waals surface area contributed by atoms with Crippen molar-refractivity contribution < 1.29 is 18.7 Å². The van der Waals surface area contributed by atoms with E-state index in [-0.39, 0.29) is 30.0 Å². The van der Waals surface area contributed by atoms with E-state index in [4.69, 9.17) is 4.74 Å². The van der Waals surface area contributed by atoms with Crippen LogP contribution in [0.2, 0.25) is 0 Å². The summed E-state index contributed by atoms with van der Waals surface area (Å²) in [5.41, 5.74) is 3.61. The van der Waals surface area contributed by atoms with E-state index in [1.165, 1.54) is 12.1 Å². The minimum Gasteiger partial charge on any atom is -0.496 e. The normalized spacial score (nSPS) is 16.1. The lowest BCUT2D eigenvalue weighted by atomic mass is 9.91. The second-order valence-corrected chi connectivity index (χ2v) is 8.20. The summed E-state index contributed by atoms with van der Waals surface area (Å²) >= 11 is 0. The van der Waals surface area contributed by atoms with Crippen molar-refractivity contribution in [1.29, 1.82) is 0 Å². The fourth-order valence-electron chi connectivity index (χ4n) is 4.31. The monoisotopic (exact) mass is 446 g/mol. The molecule has 6 heteroatoms. The predicted octanol–water partition coefficient (Wildman–Crippen LogP) is 3.86. The Bertz CT molecular complexity index is 1150. The van der Waals surface area contributed by atoms with Crippen molar-refractivity contribution in [1.82, 2.24) is 10.2 Å². The van der Waals surface area contributed by atoms with E-state index in [0.717, 1.165) is 22.4 Å². The number of hydrogen-bond acceptors (Lipinski definition) is 3. The van der Waals surface area contributed by atoms with Crippen LogP contribution in [0, 0.1) is 11.7 Å². The first-order chi connectivity index (χ1) is 16.0. The molecule has 4 rings (SSSR count). The second-order valence-electron chi connectivity index (χ2n) is 8.20. The average molecular weight is 447 g/mol. The molecule has 0 radical (unpaired) electrons. The number of nitrogens with one attached hydrogen (secondary N) is 1. The fraction of sp³-hybridized carbons (Fsp3) is 0.259. The molecule has 1 aliphatic rings. The van der Waals surface area contributed by atoms with Crippen LogP contribution in [0.4, 0.5) is 4.39 Å². The Kier molecular flexibility index (Phi) is 7.03. The fourth-order valence-corrected chi connectivity index (χ4v) is 4.31. The maximum absolute atomic E-state index is 13.5. The molecular weight excluding hydrogens is 419 g/mol. The molecule has 33 heavy (non-hydrogen) atoms. The Morgan fingerprint density at radius 2 is 1.82 bits per heavy atom. The first-order valence-corrected chi connectivity index (χ1v) is 11.1. The van der Waals surface area contributed by atoms with Gasteiger partial charge in [0.1, 0.15) is 11.6 Å². The highest BCUT2D eigenvalue weighted by atomic mass is 19.1. The van der Waals surface area contributed by atoms with Crippen LogP contribution in [0.25, 0.3) is 11.1 Å². The van der Waals surface area contributed by atoms with Crippen molar-refractivity contribution in [3.63, 3.8) is 0 Å². The molecule has 1 saturated heterocycles. The van der Waals surface area contributed by atoms with E-state index in [1.54, 1.807) is 24.1 Å². The minimum atomic E-state index is -0.389. The molecule has 0 saturated carbocycles. The zero-order valence-electron chi connectivity index (χ0n) is 18.6. The van der Waals surface area contributed by atoms with Gasteiger partial charge in [0.2, 0.25) is 11.8 Å². The summed E-state index contributed by atoms with van der Waals surface area (Å²) in [7, 11) is 1.64. The topological polar surface area (TPSA) is 58.6 Å². The molecule has 3 aromatic carbocycles. The molecule has 0 bridgehead atoms. The molecule has 0 unspecified atom stereocenters. The number of methoxy groups -OCH3 is 1. The van der Waals surface area contributed by atoms with Crippen LogP contribution in [0.3, 0.4) is 0 Å². The molecule has 0 aliphatic carbocycles. The molecule has 5 nitrogen and oxygen atoms in total. The number of carbonyl (C=O) groups is 2. The standard InChI is InChI=1S/C27H27FN2O3/c1-33-25-12-5-4-11-24(25)23-10-3-2-8-20(23)17-21-18-30(14-13-29-27(21)32)26(31)16-19-7-6-9-22(28)15-19/h2-12,15,21H,13-14,16-18H2,1H3,(H,29,32)/t21-/m0/s1. The number of para-hydroxylation sites is 1. The Labute approximate surface area is 193 Å². The Balaban J connectivity index is 1.55. The largest absolute Gasteiger partial charge is 0.496 e. The van der Waals surface area contributed by atoms with Crippen molar-refractivity contribution in [3.8, 4) is 16.9 Å². The van der Waals surface area contributed by atoms with E-state index in [2.05, 4.69) is 5.32 Å². The smallest absolute Gasteiger partial charge is 0.227 e. The highest BCUT2D eigenvalue weighted by molar-refractivity contribution is 5.83. The molecule has 0 spiro atoms. The number of rotatable bonds is 6. The number of hydrogen-bond donors (Lipinski definition) is 1. The van der Waals surface area contributed by atoms with E-state index >= 15 is 0 Å². The van der Waals surface area contributed by atoms with E-state index < -0.39 is 0 Å². The number of carbonyl (C=O) groups excluding carboxylic acids is 2. The summed E-state index contributed by atoms with van der Waals surface area (Å²) in [5, 5.41) is 2.94. The third kappa shape index (κ3) is 5.40. The van der Waals surface area contributed by atoms with Gasteiger partial charge < -0.3 is 15.0 Å². The Morgan fingerprint density at radius 1 is 1.06 bits per heavy atom. The van der Waals surface area contributed by atoms with E-state index in [9.17, 15) is 14.0 Å². The average Bonchev–Trinajstić information content (AvgIpc) is 3.01. The molecule has 0 aromatic heterocycles. The number of benzene rings is 3. The van der Waals surface area contributed by atoms with Gasteiger partial charge in [-0.3, -0.25) is 9.59 Å². The van der Waals surface area contributed by atoms with E-state index in [1.807, 2.05) is 48.5 Å². The van der Waals surface area contributed by atoms with Gasteiger partial charge in [0.05, 0.1) is 19.4 Å². The quantitative estimate of drug-likeness (QED) is 0.626. The third-order valence-corrected chi connectivity index (χ3v) is 5.97. The molecular formula is C27H27FN2O3. The van der Waals surface area contributed by atoms with Crippen molar-refractivity contribution in [2.45, 2.75) is 12.8 Å². The van der Waals surface area contributed by atoms with Crippen LogP contribution < -0.4 is 10.1 Å². The molecule has 1 heterocycles. The molecule has 3 aromatic rings. The van der Waals surface area contributed by atoms with Crippen LogP contribution >= 0.6 is 0 Å². The summed E-state index contributed by atoms with van der Waals surface area (Å²) in [5.74, 6) is -0.160. The van der Waals surface area contributed by atoms with Crippen LogP contribution in [-0.4, -0.2) is 43.5 Å². The van der Waals surface area contributed by atoms with Gasteiger partial charge in [0, 0.05) is 25.2 Å². The molecule has 1 N–H and O–H groups in total. The summed E-state index contributed by atoms with van der Waals surface area (Å²) in [6.45, 7) is 1.16. The lowest BCUT2D eigenvalue weighted by Crippen LogP contribution is -2.38. The number of halogens is 1. The molecule has 1 atom stereocenters. The van der Waals surface area contributed by atoms with Crippen LogP contribution in [-0.2, 0) is 22.4 Å². The zero-order chi connectivity index (χ0) is 23.2. The molecule has 170 valence electrons. The third-order valence-electron chi connectivity index (χ3n) is 5.97. The second kappa shape index (κ2) is 10.3. The predicted molar refractivity (Wildman–Crippen MR) is 125 cm³/mol. The summed E-state index contributed by atoms with van der Waals surface area (Å²) in [6.07, 6.45) is 0.597. The van der Waals surface area contributed by atoms with Gasteiger partial charge in [-0.15, -0.1) is 0 Å². The first kappa shape index (κ1) is 22.5. The van der Waals surface area contributed by atoms with Gasteiger partial charge in [-0.05, 0) is 41.3 Å². The highest BCUT2D eigenvalue weighted by Crippen LogP contribution is 2.33. The Morgan fingerprint density at radius 3 is 2.61 bits per heavy atom. The SMILES string of the molecule is COc1ccccc1-c1ccccc1C[C@H]1CN(C(=O)Cc2cccc(F)c2)CCNC1=O. The van der Waals surface area contributed by atoms with Gasteiger partial charge >= 0.3 is 0 Å². The molecule has 2 amide bonds. The number of ether oxygens (including phenoxy) is 1. The molecule has 1 fully saturated rings. The summed E-state index contributed by atoms with van der Waals surface area (Å²) in [6, 6.07) is 21.8. The van der Waals surface area contributed by atoms with E-state index in [0.29, 0.717) is 31.6 Å². The summed E-state index contributed by atoms with van der Waals surface area (Å²) < 4.78 is 19.1. The van der Waals surface area contributed by atoms with Gasteiger partial charge in [-0.25, -0.2) is 4.39 Å². The maximum atomic E-state index is 13.5. The summed E-state index contributed by atoms with van der Waals surface area (Å²) in [4.78, 5) is 27.5. The van der Waals surface area contributed by atoms with Gasteiger partial charge in [-0.1, -0.05) is 54.6 Å². The van der Waals surface area contributed by atoms with Crippen molar-refractivity contribution in [2.24, 2.45) is 5.92 Å². The number of amides is 2. The van der Waals surface area contributed by atoms with Crippen molar-refractivity contribution in [3.05, 3.63) is 89.7 Å². The van der Waals surface area contributed by atoms with Crippen LogP contribution in [0.1, 0.15) is 11.1 Å². The zero-order valence-corrected chi connectivity index (χ0v) is 18.6. The number of nitrogens with zero attached hydrogens (tertiary/aromatic N) is 1. The van der Waals surface area contributed by atoms with Gasteiger partial charge in [0.25, 0.3) is 0 Å². The van der Waals surface area contributed by atoms with Gasteiger partial charge in [0.15, 0.2) is 0 Å². The van der Waals surface area contributed by atoms with Crippen LogP contribution in [0.15, 0.2) is 72.8 Å². The first-order valence-electron chi connectivity index (χ1n) is 11.1. The molecule has 1 aliphatic heterocycles. The van der Waals surface area contributed by atoms with Gasteiger partial charge in [-0.2, -0.15) is 0 Å². The highest BCUT2D eigenvalue weighted by Gasteiger charge is 2.28. The lowest BCUT2D eigenvalue weighted by Gasteiger charge is -2.24. The lowest BCUT2D eigenvalue weighted by molar-refractivity contribution is -0.131. The maximum Gasteiger partial charge on any atom is 0.227 e. The van der Waals surface area contributed by atoms with Crippen molar-refractivity contribution in [2.75, 3.05) is 26.7 Å².